The van der Waals surface area contributed by atoms with Crippen LogP contribution in [0.2, 0.25) is 0 Å². The molecule has 0 fully saturated rings. The third kappa shape index (κ3) is 3.15. The molecule has 2 aromatic heterocycles. The molecule has 17 heavy (non-hydrogen) atoms. The van der Waals surface area contributed by atoms with E-state index in [9.17, 15) is 4.79 Å². The fourth-order valence-corrected chi connectivity index (χ4v) is 1.37. The summed E-state index contributed by atoms with van der Waals surface area (Å²) in [6.45, 7) is 0.652. The van der Waals surface area contributed by atoms with Gasteiger partial charge in [-0.15, -0.1) is 12.4 Å². The Morgan fingerprint density at radius 2 is 2.24 bits per heavy atom. The lowest BCUT2D eigenvalue weighted by Gasteiger charge is -2.06. The third-order valence-electron chi connectivity index (χ3n) is 2.16. The van der Waals surface area contributed by atoms with Crippen LogP contribution in [0.5, 0.6) is 0 Å². The number of halogens is 1. The highest BCUT2D eigenvalue weighted by molar-refractivity contribution is 5.90. The lowest BCUT2D eigenvalue weighted by atomic mass is 10.4. The number of amides is 1. The van der Waals surface area contributed by atoms with Crippen LogP contribution < -0.4 is 10.6 Å². The summed E-state index contributed by atoms with van der Waals surface area (Å²) in [6, 6.07) is 3.50. The van der Waals surface area contributed by atoms with E-state index >= 15 is 0 Å². The number of carbonyl (C=O) groups excluding carboxylic acids is 1. The molecule has 0 saturated carbocycles. The second kappa shape index (κ2) is 6.17. The summed E-state index contributed by atoms with van der Waals surface area (Å²) in [5.74, 6) is 0.591. The zero-order valence-corrected chi connectivity index (χ0v) is 10.2. The first-order valence-electron chi connectivity index (χ1n) is 5.04. The lowest BCUT2D eigenvalue weighted by molar-refractivity contribution is -0.116. The molecular formula is C10H14ClN5O. The van der Waals surface area contributed by atoms with Gasteiger partial charge in [0, 0.05) is 25.2 Å². The number of rotatable bonds is 4. The Bertz CT molecular complexity index is 498. The van der Waals surface area contributed by atoms with E-state index in [4.69, 9.17) is 0 Å². The van der Waals surface area contributed by atoms with Gasteiger partial charge >= 0.3 is 0 Å². The van der Waals surface area contributed by atoms with Gasteiger partial charge < -0.3 is 10.6 Å². The first kappa shape index (κ1) is 13.4. The van der Waals surface area contributed by atoms with Crippen molar-refractivity contribution < 1.29 is 4.79 Å². The van der Waals surface area contributed by atoms with Crippen molar-refractivity contribution in [1.29, 1.82) is 0 Å². The molecule has 1 amide bonds. The maximum atomic E-state index is 11.5. The Kier molecular flexibility index (Phi) is 4.86. The molecule has 0 radical (unpaired) electrons. The van der Waals surface area contributed by atoms with E-state index in [2.05, 4.69) is 20.7 Å². The number of nitrogens with one attached hydrogen (secondary N) is 2. The highest BCUT2D eigenvalue weighted by atomic mass is 35.5. The molecule has 0 unspecified atom stereocenters. The smallest absolute Gasteiger partial charge is 0.226 e. The minimum absolute atomic E-state index is 0. The number of carbonyl (C=O) groups is 1. The van der Waals surface area contributed by atoms with Crippen molar-refractivity contribution in [3.63, 3.8) is 0 Å². The molecule has 0 spiro atoms. The second-order valence-corrected chi connectivity index (χ2v) is 3.33. The summed E-state index contributed by atoms with van der Waals surface area (Å²) in [7, 11) is 1.81. The first-order valence-corrected chi connectivity index (χ1v) is 5.04. The van der Waals surface area contributed by atoms with Gasteiger partial charge in [-0.25, -0.2) is 4.98 Å². The standard InChI is InChI=1S/C10H13N5O.ClH/c1-11-5-4-10(16)14-9-2-6-12-8-3-7-13-15(8)9;/h2-3,6-7,11H,4-5H2,1H3,(H,14,16);1H. The number of hydrogen-bond donors (Lipinski definition) is 2. The van der Waals surface area contributed by atoms with Crippen LogP contribution in [0.1, 0.15) is 6.42 Å². The van der Waals surface area contributed by atoms with Crippen molar-refractivity contribution >= 4 is 29.8 Å². The molecule has 7 heteroatoms. The number of aromatic nitrogens is 3. The number of nitrogens with zero attached hydrogens (tertiary/aromatic N) is 3. The van der Waals surface area contributed by atoms with Crippen molar-refractivity contribution in [3.8, 4) is 0 Å². The van der Waals surface area contributed by atoms with Gasteiger partial charge in [0.05, 0.1) is 6.20 Å². The van der Waals surface area contributed by atoms with Crippen LogP contribution in [0.25, 0.3) is 5.65 Å². The van der Waals surface area contributed by atoms with Gasteiger partial charge in [-0.1, -0.05) is 0 Å². The molecule has 0 bridgehead atoms. The molecule has 0 atom stereocenters. The topological polar surface area (TPSA) is 71.3 Å². The van der Waals surface area contributed by atoms with E-state index in [0.717, 1.165) is 0 Å². The molecule has 92 valence electrons. The average molecular weight is 256 g/mol. The monoisotopic (exact) mass is 255 g/mol. The van der Waals surface area contributed by atoms with Crippen molar-refractivity contribution in [2.45, 2.75) is 6.42 Å². The summed E-state index contributed by atoms with van der Waals surface area (Å²) in [5, 5.41) is 9.78. The highest BCUT2D eigenvalue weighted by Gasteiger charge is 2.05. The van der Waals surface area contributed by atoms with Crippen LogP contribution in [0.15, 0.2) is 24.5 Å². The van der Waals surface area contributed by atoms with Gasteiger partial charge in [-0.05, 0) is 13.1 Å². The van der Waals surface area contributed by atoms with E-state index in [-0.39, 0.29) is 18.3 Å². The van der Waals surface area contributed by atoms with Crippen LogP contribution in [0.3, 0.4) is 0 Å². The number of anilines is 1. The van der Waals surface area contributed by atoms with Gasteiger partial charge in [0.1, 0.15) is 5.82 Å². The summed E-state index contributed by atoms with van der Waals surface area (Å²) in [6.07, 6.45) is 3.72. The summed E-state index contributed by atoms with van der Waals surface area (Å²) < 4.78 is 1.59. The Balaban J connectivity index is 0.00000144. The summed E-state index contributed by atoms with van der Waals surface area (Å²) >= 11 is 0. The van der Waals surface area contributed by atoms with Gasteiger partial charge in [-0.2, -0.15) is 9.61 Å². The van der Waals surface area contributed by atoms with E-state index in [1.54, 1.807) is 29.0 Å². The zero-order valence-electron chi connectivity index (χ0n) is 9.38. The van der Waals surface area contributed by atoms with Gasteiger partial charge in [-0.3, -0.25) is 4.79 Å². The van der Waals surface area contributed by atoms with Crippen LogP contribution >= 0.6 is 12.4 Å². The maximum Gasteiger partial charge on any atom is 0.226 e. The zero-order chi connectivity index (χ0) is 11.4. The highest BCUT2D eigenvalue weighted by Crippen LogP contribution is 2.08. The van der Waals surface area contributed by atoms with Crippen molar-refractivity contribution in [2.75, 3.05) is 18.9 Å². The molecule has 2 N–H and O–H groups in total. The third-order valence-corrected chi connectivity index (χ3v) is 2.16. The van der Waals surface area contributed by atoms with Gasteiger partial charge in [0.25, 0.3) is 0 Å². The molecule has 0 aromatic carbocycles. The average Bonchev–Trinajstić information content (AvgIpc) is 2.75. The summed E-state index contributed by atoms with van der Waals surface area (Å²) in [4.78, 5) is 15.6. The predicted octanol–water partition coefficient (Wildman–Crippen LogP) is 0.699. The van der Waals surface area contributed by atoms with Crippen molar-refractivity contribution in [3.05, 3.63) is 24.5 Å². The van der Waals surface area contributed by atoms with Crippen LogP contribution in [0, 0.1) is 0 Å². The molecule has 0 aliphatic rings. The predicted molar refractivity (Wildman–Crippen MR) is 67.4 cm³/mol. The SMILES string of the molecule is CNCCC(=O)Nc1ccnc2ccnn12.Cl. The quantitative estimate of drug-likeness (QED) is 0.844. The minimum atomic E-state index is -0.0441. The molecule has 2 heterocycles. The van der Waals surface area contributed by atoms with Crippen molar-refractivity contribution in [2.24, 2.45) is 0 Å². The lowest BCUT2D eigenvalue weighted by Crippen LogP contribution is -2.20. The Morgan fingerprint density at radius 3 is 3.00 bits per heavy atom. The van der Waals surface area contributed by atoms with E-state index in [1.165, 1.54) is 0 Å². The van der Waals surface area contributed by atoms with Crippen LogP contribution in [-0.2, 0) is 4.79 Å². The Hall–Kier alpha value is -1.66. The molecular weight excluding hydrogens is 242 g/mol. The summed E-state index contributed by atoms with van der Waals surface area (Å²) in [5.41, 5.74) is 0.714. The largest absolute Gasteiger partial charge is 0.319 e. The fraction of sp³-hybridized carbons (Fsp3) is 0.300. The van der Waals surface area contributed by atoms with Crippen molar-refractivity contribution in [1.82, 2.24) is 19.9 Å². The van der Waals surface area contributed by atoms with E-state index < -0.39 is 0 Å². The Morgan fingerprint density at radius 1 is 1.41 bits per heavy atom. The molecule has 0 aliphatic heterocycles. The van der Waals surface area contributed by atoms with Crippen LogP contribution in [-0.4, -0.2) is 34.1 Å². The first-order chi connectivity index (χ1) is 7.81. The normalized spacial score (nSPS) is 9.94. The Labute approximate surface area is 105 Å². The maximum absolute atomic E-state index is 11.5. The fourth-order valence-electron chi connectivity index (χ4n) is 1.37. The van der Waals surface area contributed by atoms with Crippen LogP contribution in [0.4, 0.5) is 5.82 Å². The van der Waals surface area contributed by atoms with Gasteiger partial charge in [0.2, 0.25) is 5.91 Å². The molecule has 6 nitrogen and oxygen atoms in total. The van der Waals surface area contributed by atoms with E-state index in [1.807, 2.05) is 7.05 Å². The molecule has 0 saturated heterocycles. The van der Waals surface area contributed by atoms with Gasteiger partial charge in [0.15, 0.2) is 5.65 Å². The number of fused-ring (bicyclic) bond motifs is 1. The number of hydrogen-bond acceptors (Lipinski definition) is 4. The minimum Gasteiger partial charge on any atom is -0.319 e. The molecule has 2 aromatic rings. The molecule has 2 rings (SSSR count). The second-order valence-electron chi connectivity index (χ2n) is 3.33. The molecule has 0 aliphatic carbocycles. The van der Waals surface area contributed by atoms with E-state index in [0.29, 0.717) is 24.4 Å².